The van der Waals surface area contributed by atoms with E-state index in [-0.39, 0.29) is 0 Å². The van der Waals surface area contributed by atoms with Crippen molar-refractivity contribution in [2.45, 2.75) is 6.54 Å². The highest BCUT2D eigenvalue weighted by Gasteiger charge is 2.23. The molecule has 3 aromatic rings. The molecule has 1 aliphatic rings. The van der Waals surface area contributed by atoms with Crippen molar-refractivity contribution in [3.8, 4) is 0 Å². The predicted octanol–water partition coefficient (Wildman–Crippen LogP) is -1.14. The molecule has 0 saturated carbocycles. The van der Waals surface area contributed by atoms with Gasteiger partial charge in [-0.2, -0.15) is 4.98 Å². The van der Waals surface area contributed by atoms with Crippen LogP contribution in [0.1, 0.15) is 5.56 Å². The Labute approximate surface area is 143 Å². The molecule has 0 spiro atoms. The quantitative estimate of drug-likeness (QED) is 0.630. The molecule has 1 aromatic carbocycles. The van der Waals surface area contributed by atoms with Gasteiger partial charge < -0.3 is 10.2 Å². The van der Waals surface area contributed by atoms with Crippen LogP contribution in [-0.4, -0.2) is 45.3 Å². The number of H-pyrrole nitrogens is 1. The smallest absolute Gasteiger partial charge is 0.329 e. The van der Waals surface area contributed by atoms with Gasteiger partial charge in [-0.3, -0.25) is 18.9 Å². The van der Waals surface area contributed by atoms with E-state index in [0.29, 0.717) is 17.7 Å². The summed E-state index contributed by atoms with van der Waals surface area (Å²) in [6, 6.07) is 9.97. The molecule has 8 heteroatoms. The van der Waals surface area contributed by atoms with Gasteiger partial charge in [-0.25, -0.2) is 4.79 Å². The normalized spacial score (nSPS) is 15.0. The predicted molar refractivity (Wildman–Crippen MR) is 95.0 cm³/mol. The maximum absolute atomic E-state index is 12.5. The van der Waals surface area contributed by atoms with Crippen molar-refractivity contribution in [2.24, 2.45) is 7.05 Å². The number of benzene rings is 1. The lowest BCUT2D eigenvalue weighted by Gasteiger charge is -2.26. The second-order valence-corrected chi connectivity index (χ2v) is 6.33. The Balaban J connectivity index is 1.94. The number of rotatable bonds is 3. The molecule has 2 aromatic heterocycles. The summed E-state index contributed by atoms with van der Waals surface area (Å²) in [4.78, 5) is 33.7. The number of aromatic nitrogens is 4. The summed E-state index contributed by atoms with van der Waals surface area (Å²) < 4.78 is 3.33. The average Bonchev–Trinajstić information content (AvgIpc) is 3.01. The van der Waals surface area contributed by atoms with Crippen LogP contribution in [0.25, 0.3) is 11.2 Å². The van der Waals surface area contributed by atoms with Gasteiger partial charge in [0, 0.05) is 7.05 Å². The molecule has 1 aliphatic heterocycles. The lowest BCUT2D eigenvalue weighted by Crippen LogP contribution is -2.89. The Hall–Kier alpha value is -2.87. The molecule has 130 valence electrons. The van der Waals surface area contributed by atoms with Crippen LogP contribution in [0.4, 0.5) is 5.95 Å². The second kappa shape index (κ2) is 6.21. The van der Waals surface area contributed by atoms with Crippen LogP contribution in [0.2, 0.25) is 0 Å². The third kappa shape index (κ3) is 2.74. The third-order valence-corrected chi connectivity index (χ3v) is 4.66. The molecular formula is C17H21N6O2+. The van der Waals surface area contributed by atoms with Gasteiger partial charge in [0.2, 0.25) is 5.95 Å². The fourth-order valence-electron chi connectivity index (χ4n) is 3.33. The summed E-state index contributed by atoms with van der Waals surface area (Å²) in [5.41, 5.74) is 1.11. The number of hydrogen-bond donors (Lipinski definition) is 2. The molecule has 3 heterocycles. The molecular weight excluding hydrogens is 320 g/mol. The molecule has 0 unspecified atom stereocenters. The monoisotopic (exact) mass is 341 g/mol. The van der Waals surface area contributed by atoms with E-state index in [0.717, 1.165) is 37.7 Å². The van der Waals surface area contributed by atoms with E-state index in [2.05, 4.69) is 20.2 Å². The first-order valence-electron chi connectivity index (χ1n) is 8.45. The van der Waals surface area contributed by atoms with Crippen molar-refractivity contribution in [3.05, 3.63) is 56.7 Å². The van der Waals surface area contributed by atoms with Crippen molar-refractivity contribution < 1.29 is 5.32 Å². The molecule has 3 N–H and O–H groups in total. The summed E-state index contributed by atoms with van der Waals surface area (Å²) in [6.07, 6.45) is 0. The van der Waals surface area contributed by atoms with Crippen molar-refractivity contribution in [3.63, 3.8) is 0 Å². The van der Waals surface area contributed by atoms with Gasteiger partial charge in [0.15, 0.2) is 11.2 Å². The van der Waals surface area contributed by atoms with Gasteiger partial charge in [0.25, 0.3) is 5.56 Å². The summed E-state index contributed by atoms with van der Waals surface area (Å²) in [6.45, 7) is 4.25. The second-order valence-electron chi connectivity index (χ2n) is 6.33. The van der Waals surface area contributed by atoms with E-state index in [1.807, 2.05) is 34.9 Å². The number of fused-ring (bicyclic) bond motifs is 1. The SMILES string of the molecule is Cn1c(=O)[nH]c(=O)c2c1nc(N1CC[NH2+]CC1)n2Cc1ccccc1. The van der Waals surface area contributed by atoms with E-state index in [4.69, 9.17) is 0 Å². The third-order valence-electron chi connectivity index (χ3n) is 4.66. The zero-order chi connectivity index (χ0) is 17.4. The zero-order valence-electron chi connectivity index (χ0n) is 14.1. The number of imidazole rings is 1. The maximum atomic E-state index is 12.5. The van der Waals surface area contributed by atoms with Crippen LogP contribution in [0.5, 0.6) is 0 Å². The number of nitrogens with two attached hydrogens (primary N) is 1. The van der Waals surface area contributed by atoms with E-state index in [9.17, 15) is 9.59 Å². The fourth-order valence-corrected chi connectivity index (χ4v) is 3.33. The highest BCUT2D eigenvalue weighted by Crippen LogP contribution is 2.21. The Morgan fingerprint density at radius 3 is 2.60 bits per heavy atom. The Bertz CT molecular complexity index is 1010. The topological polar surface area (TPSA) is 92.5 Å². The molecule has 0 bridgehead atoms. The van der Waals surface area contributed by atoms with Gasteiger partial charge in [-0.15, -0.1) is 0 Å². The van der Waals surface area contributed by atoms with Crippen LogP contribution in [-0.2, 0) is 13.6 Å². The summed E-state index contributed by atoms with van der Waals surface area (Å²) in [5, 5.41) is 2.27. The Kier molecular flexibility index (Phi) is 3.89. The van der Waals surface area contributed by atoms with E-state index < -0.39 is 11.2 Å². The van der Waals surface area contributed by atoms with E-state index in [1.165, 1.54) is 4.57 Å². The minimum absolute atomic E-state index is 0.392. The number of anilines is 1. The van der Waals surface area contributed by atoms with Crippen molar-refractivity contribution in [1.82, 2.24) is 19.1 Å². The minimum Gasteiger partial charge on any atom is -0.343 e. The highest BCUT2D eigenvalue weighted by molar-refractivity contribution is 5.74. The van der Waals surface area contributed by atoms with Gasteiger partial charge >= 0.3 is 5.69 Å². The van der Waals surface area contributed by atoms with Crippen LogP contribution in [0, 0.1) is 0 Å². The molecule has 25 heavy (non-hydrogen) atoms. The first-order valence-corrected chi connectivity index (χ1v) is 8.45. The van der Waals surface area contributed by atoms with Crippen LogP contribution < -0.4 is 21.5 Å². The Morgan fingerprint density at radius 2 is 1.88 bits per heavy atom. The molecule has 0 radical (unpaired) electrons. The van der Waals surface area contributed by atoms with Crippen molar-refractivity contribution in [1.29, 1.82) is 0 Å². The van der Waals surface area contributed by atoms with E-state index in [1.54, 1.807) is 7.05 Å². The molecule has 4 rings (SSSR count). The lowest BCUT2D eigenvalue weighted by molar-refractivity contribution is -0.655. The number of quaternary nitrogens is 1. The lowest BCUT2D eigenvalue weighted by atomic mass is 10.2. The average molecular weight is 341 g/mol. The zero-order valence-corrected chi connectivity index (χ0v) is 14.1. The maximum Gasteiger partial charge on any atom is 0.329 e. The van der Waals surface area contributed by atoms with Crippen LogP contribution in [0.3, 0.4) is 0 Å². The molecule has 8 nitrogen and oxygen atoms in total. The molecule has 1 fully saturated rings. The van der Waals surface area contributed by atoms with Gasteiger partial charge in [0.05, 0.1) is 32.7 Å². The first kappa shape index (κ1) is 15.6. The number of nitrogens with zero attached hydrogens (tertiary/aromatic N) is 4. The Morgan fingerprint density at radius 1 is 1.16 bits per heavy atom. The van der Waals surface area contributed by atoms with Crippen molar-refractivity contribution in [2.75, 3.05) is 31.1 Å². The standard InChI is InChI=1S/C17H20N6O2/c1-21-14-13(15(24)20-17(21)25)23(11-12-5-3-2-4-6-12)16(19-14)22-9-7-18-8-10-22/h2-6,18H,7-11H2,1H3,(H,20,24,25)/p+1. The molecule has 0 amide bonds. The minimum atomic E-state index is -0.444. The summed E-state index contributed by atoms with van der Waals surface area (Å²) in [7, 11) is 1.63. The van der Waals surface area contributed by atoms with Crippen molar-refractivity contribution >= 4 is 17.1 Å². The van der Waals surface area contributed by atoms with Crippen LogP contribution in [0.15, 0.2) is 39.9 Å². The largest absolute Gasteiger partial charge is 0.343 e. The van der Waals surface area contributed by atoms with Gasteiger partial charge in [-0.05, 0) is 5.56 Å². The molecule has 0 aliphatic carbocycles. The first-order chi connectivity index (χ1) is 12.1. The van der Waals surface area contributed by atoms with Gasteiger partial charge in [-0.1, -0.05) is 30.3 Å². The van der Waals surface area contributed by atoms with E-state index >= 15 is 0 Å². The highest BCUT2D eigenvalue weighted by atomic mass is 16.2. The number of aryl methyl sites for hydroxylation is 1. The summed E-state index contributed by atoms with van der Waals surface area (Å²) >= 11 is 0. The number of aromatic amines is 1. The van der Waals surface area contributed by atoms with Gasteiger partial charge in [0.1, 0.15) is 0 Å². The number of nitrogens with one attached hydrogen (secondary N) is 1. The molecule has 1 saturated heterocycles. The number of hydrogen-bond acceptors (Lipinski definition) is 4. The fraction of sp³-hybridized carbons (Fsp3) is 0.353. The summed E-state index contributed by atoms with van der Waals surface area (Å²) in [5.74, 6) is 0.749. The number of piperazine rings is 1. The molecule has 0 atom stereocenters. The van der Waals surface area contributed by atoms with Crippen LogP contribution >= 0.6 is 0 Å².